The van der Waals surface area contributed by atoms with Crippen LogP contribution in [0, 0.1) is 0 Å². The number of anilines is 2. The fraction of sp³-hybridized carbons (Fsp3) is 0.500. The molecule has 0 spiro atoms. The Bertz CT molecular complexity index is 1470. The smallest absolute Gasteiger partial charge is 0.459 e. The van der Waals surface area contributed by atoms with Gasteiger partial charge in [0.25, 0.3) is 0 Å². The van der Waals surface area contributed by atoms with E-state index < -0.39 is 55.5 Å². The van der Waals surface area contributed by atoms with E-state index in [1.165, 1.54) is 24.7 Å². The van der Waals surface area contributed by atoms with Crippen LogP contribution in [-0.4, -0.2) is 78.3 Å². The number of rotatable bonds is 10. The standard InChI is InChI=1S/C24H32N7O8P/c1-12(2)36-20(32)13(3)30-40(35,38-14-9-7-6-8-10-14)39-17-16-24(17,34)23(4,33)21(37-16)31-11-27-15-18(26-5)28-22(25)29-19(15)31/h6-13,16-17,21,33-34H,1-5H3,(H,30,35)(H3,25,26,28,29)/t13-,16-,17?,21-,23+,24+,40-/m1/s1. The summed E-state index contributed by atoms with van der Waals surface area (Å²) >= 11 is 0. The van der Waals surface area contributed by atoms with Crippen molar-refractivity contribution in [2.75, 3.05) is 18.1 Å². The zero-order valence-corrected chi connectivity index (χ0v) is 23.4. The molecule has 1 aliphatic heterocycles. The van der Waals surface area contributed by atoms with E-state index in [1.807, 2.05) is 0 Å². The van der Waals surface area contributed by atoms with Crippen LogP contribution in [0.25, 0.3) is 11.2 Å². The number of para-hydroxylation sites is 1. The summed E-state index contributed by atoms with van der Waals surface area (Å²) in [6, 6.07) is 7.08. The van der Waals surface area contributed by atoms with Crippen LogP contribution in [0.5, 0.6) is 5.75 Å². The molecule has 0 radical (unpaired) electrons. The largest absolute Gasteiger partial charge is 0.462 e. The number of esters is 1. The lowest BCUT2D eigenvalue weighted by Gasteiger charge is -2.33. The quantitative estimate of drug-likeness (QED) is 0.170. The van der Waals surface area contributed by atoms with Gasteiger partial charge in [-0.1, -0.05) is 18.2 Å². The summed E-state index contributed by atoms with van der Waals surface area (Å²) in [6.45, 7) is 6.16. The summed E-state index contributed by atoms with van der Waals surface area (Å²) in [5.74, 6) is -0.146. The van der Waals surface area contributed by atoms with Crippen LogP contribution < -0.4 is 20.7 Å². The molecule has 0 amide bonds. The van der Waals surface area contributed by atoms with E-state index in [4.69, 9.17) is 24.3 Å². The number of aliphatic hydroxyl groups is 2. The molecule has 2 aliphatic rings. The monoisotopic (exact) mass is 577 g/mol. The van der Waals surface area contributed by atoms with E-state index in [0.717, 1.165) is 0 Å². The number of benzene rings is 1. The topological polar surface area (TPSA) is 205 Å². The third-order valence-corrected chi connectivity index (χ3v) is 8.47. The van der Waals surface area contributed by atoms with Crippen LogP contribution in [0.3, 0.4) is 0 Å². The van der Waals surface area contributed by atoms with Gasteiger partial charge in [-0.15, -0.1) is 0 Å². The lowest BCUT2D eigenvalue weighted by atomic mass is 9.95. The van der Waals surface area contributed by atoms with E-state index >= 15 is 0 Å². The molecule has 2 fully saturated rings. The Balaban J connectivity index is 1.40. The lowest BCUT2D eigenvalue weighted by molar-refractivity contribution is -0.155. The minimum atomic E-state index is -4.34. The summed E-state index contributed by atoms with van der Waals surface area (Å²) in [5, 5.41) is 28.6. The molecule has 16 heteroatoms. The molecule has 5 rings (SSSR count). The molecule has 1 unspecified atom stereocenters. The van der Waals surface area contributed by atoms with E-state index in [1.54, 1.807) is 51.2 Å². The Kier molecular flexibility index (Phi) is 7.01. The highest BCUT2D eigenvalue weighted by Gasteiger charge is 2.84. The number of hydrogen-bond donors (Lipinski definition) is 5. The molecule has 7 atom stereocenters. The second-order valence-electron chi connectivity index (χ2n) is 10.2. The van der Waals surface area contributed by atoms with Crippen molar-refractivity contribution >= 4 is 36.6 Å². The van der Waals surface area contributed by atoms with E-state index in [2.05, 4.69) is 25.4 Å². The molecule has 3 aromatic rings. The van der Waals surface area contributed by atoms with Crippen molar-refractivity contribution in [3.63, 3.8) is 0 Å². The van der Waals surface area contributed by atoms with E-state index in [0.29, 0.717) is 11.3 Å². The number of nitrogens with two attached hydrogens (primary N) is 1. The molecule has 6 N–H and O–H groups in total. The fourth-order valence-electron chi connectivity index (χ4n) is 4.76. The third kappa shape index (κ3) is 4.68. The minimum absolute atomic E-state index is 0.0310. The predicted molar refractivity (Wildman–Crippen MR) is 142 cm³/mol. The fourth-order valence-corrected chi connectivity index (χ4v) is 6.46. The van der Waals surface area contributed by atoms with Gasteiger partial charge in [0, 0.05) is 7.05 Å². The minimum Gasteiger partial charge on any atom is -0.462 e. The van der Waals surface area contributed by atoms with Gasteiger partial charge in [0.1, 0.15) is 29.6 Å². The lowest BCUT2D eigenvalue weighted by Crippen LogP contribution is -2.49. The Morgan fingerprint density at radius 3 is 2.52 bits per heavy atom. The maximum absolute atomic E-state index is 13.9. The number of nitrogens with zero attached hydrogens (tertiary/aromatic N) is 4. The molecular formula is C24H32N7O8P. The van der Waals surface area contributed by atoms with Gasteiger partial charge in [-0.2, -0.15) is 15.1 Å². The van der Waals surface area contributed by atoms with Gasteiger partial charge in [0.15, 0.2) is 28.8 Å². The number of hydrogen-bond acceptors (Lipinski definition) is 13. The summed E-state index contributed by atoms with van der Waals surface area (Å²) in [6.07, 6.45) is -2.57. The van der Waals surface area contributed by atoms with Crippen LogP contribution in [0.4, 0.5) is 11.8 Å². The second kappa shape index (κ2) is 9.94. The number of nitrogen functional groups attached to an aromatic ring is 1. The number of fused-ring (bicyclic) bond motifs is 2. The molecule has 15 nitrogen and oxygen atoms in total. The first-order chi connectivity index (χ1) is 18.8. The average Bonchev–Trinajstić information content (AvgIpc) is 3.14. The Labute approximate surface area is 229 Å². The molecule has 1 aliphatic carbocycles. The normalized spacial score (nSPS) is 29.6. The molecule has 40 heavy (non-hydrogen) atoms. The van der Waals surface area contributed by atoms with Crippen molar-refractivity contribution in [1.29, 1.82) is 0 Å². The van der Waals surface area contributed by atoms with E-state index in [9.17, 15) is 19.6 Å². The van der Waals surface area contributed by atoms with Crippen molar-refractivity contribution in [2.24, 2.45) is 0 Å². The highest BCUT2D eigenvalue weighted by Crippen LogP contribution is 2.65. The van der Waals surface area contributed by atoms with Crippen LogP contribution in [0.2, 0.25) is 0 Å². The zero-order chi connectivity index (χ0) is 29.0. The van der Waals surface area contributed by atoms with Crippen molar-refractivity contribution in [3.05, 3.63) is 36.7 Å². The molecule has 216 valence electrons. The van der Waals surface area contributed by atoms with Gasteiger partial charge < -0.3 is 35.3 Å². The van der Waals surface area contributed by atoms with Gasteiger partial charge in [0.2, 0.25) is 5.95 Å². The van der Waals surface area contributed by atoms with Crippen molar-refractivity contribution in [2.45, 2.75) is 69.5 Å². The third-order valence-electron chi connectivity index (χ3n) is 6.81. The number of imidazole rings is 1. The summed E-state index contributed by atoms with van der Waals surface area (Å²) in [4.78, 5) is 25.0. The number of carbonyl (C=O) groups excluding carboxylic acids is 1. The first-order valence-corrected chi connectivity index (χ1v) is 14.1. The van der Waals surface area contributed by atoms with Gasteiger partial charge in [-0.05, 0) is 39.8 Å². The zero-order valence-electron chi connectivity index (χ0n) is 22.5. The van der Waals surface area contributed by atoms with Crippen LogP contribution in [-0.2, 0) is 23.4 Å². The summed E-state index contributed by atoms with van der Waals surface area (Å²) in [5.41, 5.74) is 2.50. The first-order valence-electron chi connectivity index (χ1n) is 12.6. The van der Waals surface area contributed by atoms with Gasteiger partial charge >= 0.3 is 13.7 Å². The number of nitrogens with one attached hydrogen (secondary N) is 2. The molecule has 1 aromatic carbocycles. The molecular weight excluding hydrogens is 545 g/mol. The molecule has 1 saturated heterocycles. The van der Waals surface area contributed by atoms with Gasteiger partial charge in [-0.25, -0.2) is 9.55 Å². The molecule has 1 saturated carbocycles. The van der Waals surface area contributed by atoms with Gasteiger partial charge in [-0.3, -0.25) is 13.9 Å². The predicted octanol–water partition coefficient (Wildman–Crippen LogP) is 1.35. The summed E-state index contributed by atoms with van der Waals surface area (Å²) in [7, 11) is -2.70. The van der Waals surface area contributed by atoms with E-state index in [-0.39, 0.29) is 17.3 Å². The van der Waals surface area contributed by atoms with Gasteiger partial charge in [0.05, 0.1) is 12.4 Å². The molecule has 0 bridgehead atoms. The highest BCUT2D eigenvalue weighted by molar-refractivity contribution is 7.52. The first kappa shape index (κ1) is 28.2. The molecule has 3 heterocycles. The van der Waals surface area contributed by atoms with Crippen LogP contribution >= 0.6 is 7.75 Å². The molecule has 2 aromatic heterocycles. The maximum Gasteiger partial charge on any atom is 0.459 e. The van der Waals surface area contributed by atoms with Crippen LogP contribution in [0.15, 0.2) is 36.7 Å². The highest BCUT2D eigenvalue weighted by atomic mass is 31.2. The van der Waals surface area contributed by atoms with Crippen molar-refractivity contribution in [1.82, 2.24) is 24.6 Å². The Morgan fingerprint density at radius 2 is 1.93 bits per heavy atom. The number of aromatic nitrogens is 4. The summed E-state index contributed by atoms with van der Waals surface area (Å²) < 4.78 is 38.0. The maximum atomic E-state index is 13.9. The van der Waals surface area contributed by atoms with Crippen molar-refractivity contribution in [3.8, 4) is 5.75 Å². The SMILES string of the molecule is CNc1nc(N)nc2c1ncn2[C@@H]1O[C@@H]2C(O[P@@](=O)(N[C@H](C)C(=O)OC(C)C)Oc3ccccc3)[C@]2(O)[C@@]1(C)O. The second-order valence-corrected chi connectivity index (χ2v) is 11.8. The average molecular weight is 578 g/mol. The Hall–Kier alpha value is -3.33. The number of carbonyl (C=O) groups is 1. The number of ether oxygens (including phenoxy) is 2. The van der Waals surface area contributed by atoms with Crippen molar-refractivity contribution < 1.29 is 38.1 Å². The van der Waals surface area contributed by atoms with Crippen LogP contribution in [0.1, 0.15) is 33.9 Å². The Morgan fingerprint density at radius 1 is 1.23 bits per heavy atom.